The average molecular weight is 291 g/mol. The zero-order chi connectivity index (χ0) is 14.0. The van der Waals surface area contributed by atoms with E-state index in [1.165, 1.54) is 12.1 Å². The minimum Gasteiger partial charge on any atom is -0.324 e. The fraction of sp³-hybridized carbons (Fsp3) is 0.455. The number of rotatable bonds is 5. The van der Waals surface area contributed by atoms with Crippen molar-refractivity contribution in [3.63, 3.8) is 0 Å². The molecule has 5 nitrogen and oxygen atoms in total. The van der Waals surface area contributed by atoms with E-state index in [-0.39, 0.29) is 10.6 Å². The molecule has 0 heterocycles. The zero-order valence-corrected chi connectivity index (χ0v) is 12.0. The Morgan fingerprint density at radius 1 is 1.06 bits per heavy atom. The lowest BCUT2D eigenvalue weighted by molar-refractivity contribution is 0.591. The minimum absolute atomic E-state index is 0.0159. The normalized spacial score (nSPS) is 14.4. The number of sulfone groups is 2. The highest BCUT2D eigenvalue weighted by Crippen LogP contribution is 2.17. The molecule has 0 saturated carbocycles. The van der Waals surface area contributed by atoms with Gasteiger partial charge in [-0.2, -0.15) is 0 Å². The molecule has 0 aromatic heterocycles. The van der Waals surface area contributed by atoms with Gasteiger partial charge >= 0.3 is 0 Å². The van der Waals surface area contributed by atoms with Gasteiger partial charge in [0.1, 0.15) is 9.84 Å². The van der Waals surface area contributed by atoms with E-state index in [0.29, 0.717) is 6.42 Å². The summed E-state index contributed by atoms with van der Waals surface area (Å²) in [5, 5.41) is 0. The van der Waals surface area contributed by atoms with Gasteiger partial charge in [0.25, 0.3) is 0 Å². The lowest BCUT2D eigenvalue weighted by atomic mass is 10.1. The van der Waals surface area contributed by atoms with Gasteiger partial charge in [-0.1, -0.05) is 12.1 Å². The van der Waals surface area contributed by atoms with Crippen LogP contribution in [0.1, 0.15) is 18.0 Å². The van der Waals surface area contributed by atoms with Crippen molar-refractivity contribution in [3.05, 3.63) is 29.8 Å². The third-order valence-corrected chi connectivity index (χ3v) is 4.64. The van der Waals surface area contributed by atoms with E-state index >= 15 is 0 Å². The second-order valence-corrected chi connectivity index (χ2v) is 8.64. The molecular formula is C11H17NO4S2. The van der Waals surface area contributed by atoms with E-state index in [1.54, 1.807) is 12.1 Å². The van der Waals surface area contributed by atoms with Crippen LogP contribution < -0.4 is 5.73 Å². The van der Waals surface area contributed by atoms with Crippen LogP contribution >= 0.6 is 0 Å². The number of nitrogens with two attached hydrogens (primary N) is 1. The zero-order valence-electron chi connectivity index (χ0n) is 10.3. The largest absolute Gasteiger partial charge is 0.324 e. The van der Waals surface area contributed by atoms with Crippen molar-refractivity contribution in [3.8, 4) is 0 Å². The smallest absolute Gasteiger partial charge is 0.175 e. The van der Waals surface area contributed by atoms with Crippen LogP contribution in [0.4, 0.5) is 0 Å². The highest BCUT2D eigenvalue weighted by Gasteiger charge is 2.12. The highest BCUT2D eigenvalue weighted by atomic mass is 32.2. The van der Waals surface area contributed by atoms with Crippen LogP contribution in [-0.2, 0) is 19.7 Å². The molecule has 0 bridgehead atoms. The molecule has 0 radical (unpaired) electrons. The van der Waals surface area contributed by atoms with E-state index < -0.39 is 25.7 Å². The fourth-order valence-electron chi connectivity index (χ4n) is 1.47. The molecule has 0 spiro atoms. The SMILES string of the molecule is CS(=O)(=O)CCC(N)c1ccc(S(C)(=O)=O)cc1. The molecule has 0 amide bonds. The fourth-order valence-corrected chi connectivity index (χ4v) is 2.78. The van der Waals surface area contributed by atoms with Crippen molar-refractivity contribution in [1.82, 2.24) is 0 Å². The molecule has 0 saturated heterocycles. The van der Waals surface area contributed by atoms with Gasteiger partial charge in [0, 0.05) is 18.6 Å². The summed E-state index contributed by atoms with van der Waals surface area (Å²) in [5.41, 5.74) is 6.58. The van der Waals surface area contributed by atoms with Crippen molar-refractivity contribution in [1.29, 1.82) is 0 Å². The topological polar surface area (TPSA) is 94.3 Å². The summed E-state index contributed by atoms with van der Waals surface area (Å²) in [7, 11) is -6.25. The van der Waals surface area contributed by atoms with E-state index in [9.17, 15) is 16.8 Å². The standard InChI is InChI=1S/C11H17NO4S2/c1-17(13,14)8-7-11(12)9-3-5-10(6-4-9)18(2,15)16/h3-6,11H,7-8,12H2,1-2H3. The Balaban J connectivity index is 2.80. The molecule has 1 aromatic carbocycles. The molecule has 102 valence electrons. The first-order valence-electron chi connectivity index (χ1n) is 5.33. The van der Waals surface area contributed by atoms with Gasteiger partial charge in [0.05, 0.1) is 10.6 Å². The molecule has 0 aliphatic rings. The first-order chi connectivity index (χ1) is 8.09. The average Bonchev–Trinajstić information content (AvgIpc) is 2.24. The van der Waals surface area contributed by atoms with E-state index in [4.69, 9.17) is 5.73 Å². The number of benzene rings is 1. The van der Waals surface area contributed by atoms with Crippen LogP contribution in [0.15, 0.2) is 29.2 Å². The maximum atomic E-state index is 11.3. The van der Waals surface area contributed by atoms with Gasteiger partial charge in [-0.15, -0.1) is 0 Å². The first kappa shape index (κ1) is 15.1. The monoisotopic (exact) mass is 291 g/mol. The summed E-state index contributed by atoms with van der Waals surface area (Å²) < 4.78 is 44.6. The summed E-state index contributed by atoms with van der Waals surface area (Å²) in [4.78, 5) is 0.224. The molecular weight excluding hydrogens is 274 g/mol. The maximum Gasteiger partial charge on any atom is 0.175 e. The van der Waals surface area contributed by atoms with Crippen LogP contribution in [0.5, 0.6) is 0 Å². The van der Waals surface area contributed by atoms with Gasteiger partial charge in [0.2, 0.25) is 0 Å². The van der Waals surface area contributed by atoms with Crippen molar-refractivity contribution in [2.24, 2.45) is 5.73 Å². The summed E-state index contributed by atoms with van der Waals surface area (Å²) in [6, 6.07) is 5.77. The molecule has 1 atom stereocenters. The minimum atomic E-state index is -3.22. The summed E-state index contributed by atoms with van der Waals surface area (Å²) in [6.07, 6.45) is 2.61. The number of hydrogen-bond acceptors (Lipinski definition) is 5. The summed E-state index contributed by atoms with van der Waals surface area (Å²) in [6.45, 7) is 0. The van der Waals surface area contributed by atoms with E-state index in [1.807, 2.05) is 0 Å². The lowest BCUT2D eigenvalue weighted by Crippen LogP contribution is -2.15. The molecule has 7 heteroatoms. The van der Waals surface area contributed by atoms with E-state index in [2.05, 4.69) is 0 Å². The first-order valence-corrected chi connectivity index (χ1v) is 9.28. The second kappa shape index (κ2) is 5.38. The molecule has 1 unspecified atom stereocenters. The highest BCUT2D eigenvalue weighted by molar-refractivity contribution is 7.91. The molecule has 1 rings (SSSR count). The van der Waals surface area contributed by atoms with Gasteiger partial charge in [0.15, 0.2) is 9.84 Å². The maximum absolute atomic E-state index is 11.3. The third kappa shape index (κ3) is 4.75. The van der Waals surface area contributed by atoms with Gasteiger partial charge in [-0.05, 0) is 24.1 Å². The third-order valence-electron chi connectivity index (χ3n) is 2.54. The Bertz CT molecular complexity index is 603. The van der Waals surface area contributed by atoms with Crippen molar-refractivity contribution in [2.45, 2.75) is 17.4 Å². The molecule has 0 aliphatic carbocycles. The van der Waals surface area contributed by atoms with Crippen LogP contribution in [-0.4, -0.2) is 35.1 Å². The lowest BCUT2D eigenvalue weighted by Gasteiger charge is -2.11. The molecule has 2 N–H and O–H groups in total. The van der Waals surface area contributed by atoms with Crippen LogP contribution in [0.2, 0.25) is 0 Å². The molecule has 1 aromatic rings. The van der Waals surface area contributed by atoms with Crippen LogP contribution in [0, 0.1) is 0 Å². The predicted molar refractivity (Wildman–Crippen MR) is 70.8 cm³/mol. The number of hydrogen-bond donors (Lipinski definition) is 1. The van der Waals surface area contributed by atoms with Crippen LogP contribution in [0.25, 0.3) is 0 Å². The summed E-state index contributed by atoms with van der Waals surface area (Å²) in [5.74, 6) is 0.0159. The van der Waals surface area contributed by atoms with Crippen LogP contribution in [0.3, 0.4) is 0 Å². The van der Waals surface area contributed by atoms with Gasteiger partial charge in [-0.3, -0.25) is 0 Å². The van der Waals surface area contributed by atoms with Crippen molar-refractivity contribution < 1.29 is 16.8 Å². The quantitative estimate of drug-likeness (QED) is 0.853. The van der Waals surface area contributed by atoms with Crippen molar-refractivity contribution in [2.75, 3.05) is 18.3 Å². The Hall–Kier alpha value is -0.920. The molecule has 0 aliphatic heterocycles. The Kier molecular flexibility index (Phi) is 4.52. The Morgan fingerprint density at radius 3 is 1.94 bits per heavy atom. The van der Waals surface area contributed by atoms with Crippen molar-refractivity contribution >= 4 is 19.7 Å². The second-order valence-electron chi connectivity index (χ2n) is 4.37. The predicted octanol–water partition coefficient (Wildman–Crippen LogP) is 0.525. The molecule has 18 heavy (non-hydrogen) atoms. The Morgan fingerprint density at radius 2 is 1.56 bits per heavy atom. The van der Waals surface area contributed by atoms with Gasteiger partial charge < -0.3 is 5.73 Å². The summed E-state index contributed by atoms with van der Waals surface area (Å²) >= 11 is 0. The van der Waals surface area contributed by atoms with Gasteiger partial charge in [-0.25, -0.2) is 16.8 Å². The Labute approximate surface area is 108 Å². The van der Waals surface area contributed by atoms with E-state index in [0.717, 1.165) is 18.1 Å². The molecule has 0 fully saturated rings.